The second kappa shape index (κ2) is 6.72. The number of nitrogens with one attached hydrogen (secondary N) is 2. The molecule has 0 saturated carbocycles. The second-order valence-electron chi connectivity index (χ2n) is 5.85. The van der Waals surface area contributed by atoms with E-state index in [0.717, 1.165) is 35.9 Å². The molecule has 1 saturated heterocycles. The molecule has 1 aliphatic heterocycles. The average Bonchev–Trinajstić information content (AvgIpc) is 3.01. The van der Waals surface area contributed by atoms with Crippen molar-refractivity contribution < 1.29 is 4.79 Å². The quantitative estimate of drug-likeness (QED) is 0.889. The van der Waals surface area contributed by atoms with E-state index in [1.807, 2.05) is 18.7 Å². The van der Waals surface area contributed by atoms with Crippen molar-refractivity contribution >= 4 is 6.03 Å². The number of urea groups is 1. The summed E-state index contributed by atoms with van der Waals surface area (Å²) in [5.41, 5.74) is 1.62. The SMILES string of the molecule is Cc1cnc(CNC(=O)N2CCC(c3n[nH]c(C)n3)CC2)cn1. The Hall–Kier alpha value is -2.51. The third-order valence-electron chi connectivity index (χ3n) is 4.02. The van der Waals surface area contributed by atoms with Gasteiger partial charge in [-0.3, -0.25) is 15.1 Å². The summed E-state index contributed by atoms with van der Waals surface area (Å²) < 4.78 is 0. The molecule has 0 atom stereocenters. The molecule has 0 unspecified atom stereocenters. The number of carbonyl (C=O) groups excluding carboxylic acids is 1. The van der Waals surface area contributed by atoms with E-state index in [4.69, 9.17) is 0 Å². The van der Waals surface area contributed by atoms with Crippen LogP contribution in [-0.4, -0.2) is 49.2 Å². The molecule has 3 heterocycles. The number of nitrogens with zero attached hydrogens (tertiary/aromatic N) is 5. The number of aryl methyl sites for hydroxylation is 2. The molecule has 0 aromatic carbocycles. The van der Waals surface area contributed by atoms with Gasteiger partial charge in [-0.15, -0.1) is 0 Å². The van der Waals surface area contributed by atoms with Gasteiger partial charge in [0.15, 0.2) is 5.82 Å². The number of amides is 2. The molecule has 1 fully saturated rings. The minimum Gasteiger partial charge on any atom is -0.332 e. The zero-order valence-corrected chi connectivity index (χ0v) is 13.4. The van der Waals surface area contributed by atoms with Crippen LogP contribution in [0.1, 0.15) is 41.8 Å². The molecule has 8 heteroatoms. The molecule has 0 spiro atoms. The Bertz CT molecular complexity index is 659. The third kappa shape index (κ3) is 3.82. The molecule has 23 heavy (non-hydrogen) atoms. The maximum absolute atomic E-state index is 12.2. The molecule has 2 aromatic rings. The molecule has 122 valence electrons. The van der Waals surface area contributed by atoms with Crippen LogP contribution in [0.25, 0.3) is 0 Å². The van der Waals surface area contributed by atoms with E-state index in [1.165, 1.54) is 0 Å². The lowest BCUT2D eigenvalue weighted by Crippen LogP contribution is -2.44. The number of hydrogen-bond donors (Lipinski definition) is 2. The third-order valence-corrected chi connectivity index (χ3v) is 4.02. The van der Waals surface area contributed by atoms with Crippen LogP contribution >= 0.6 is 0 Å². The van der Waals surface area contributed by atoms with Crippen molar-refractivity contribution in [3.8, 4) is 0 Å². The Morgan fingerprint density at radius 2 is 2.09 bits per heavy atom. The van der Waals surface area contributed by atoms with Crippen LogP contribution in [0.15, 0.2) is 12.4 Å². The Balaban J connectivity index is 1.47. The Labute approximate surface area is 134 Å². The highest BCUT2D eigenvalue weighted by Gasteiger charge is 2.25. The van der Waals surface area contributed by atoms with Gasteiger partial charge in [-0.05, 0) is 26.7 Å². The number of aromatic nitrogens is 5. The first-order chi connectivity index (χ1) is 11.1. The number of piperidine rings is 1. The fourth-order valence-electron chi connectivity index (χ4n) is 2.67. The lowest BCUT2D eigenvalue weighted by atomic mass is 9.96. The number of H-pyrrole nitrogens is 1. The number of aromatic amines is 1. The summed E-state index contributed by atoms with van der Waals surface area (Å²) >= 11 is 0. The maximum Gasteiger partial charge on any atom is 0.317 e. The summed E-state index contributed by atoms with van der Waals surface area (Å²) in [7, 11) is 0. The predicted molar refractivity (Wildman–Crippen MR) is 83.7 cm³/mol. The smallest absolute Gasteiger partial charge is 0.317 e. The van der Waals surface area contributed by atoms with Crippen molar-refractivity contribution in [3.63, 3.8) is 0 Å². The first-order valence-electron chi connectivity index (χ1n) is 7.81. The van der Waals surface area contributed by atoms with Gasteiger partial charge in [0.05, 0.1) is 24.1 Å². The van der Waals surface area contributed by atoms with Crippen molar-refractivity contribution in [1.82, 2.24) is 35.4 Å². The van der Waals surface area contributed by atoms with Crippen molar-refractivity contribution in [2.45, 2.75) is 39.2 Å². The molecule has 2 N–H and O–H groups in total. The van der Waals surface area contributed by atoms with Crippen LogP contribution in [0.3, 0.4) is 0 Å². The summed E-state index contributed by atoms with van der Waals surface area (Å²) in [6, 6.07) is -0.0583. The topological polar surface area (TPSA) is 99.7 Å². The van der Waals surface area contributed by atoms with Crippen molar-refractivity contribution in [1.29, 1.82) is 0 Å². The van der Waals surface area contributed by atoms with Gasteiger partial charge in [0.1, 0.15) is 5.82 Å². The molecule has 0 bridgehead atoms. The maximum atomic E-state index is 12.2. The first-order valence-corrected chi connectivity index (χ1v) is 7.81. The summed E-state index contributed by atoms with van der Waals surface area (Å²) in [6.07, 6.45) is 5.16. The van der Waals surface area contributed by atoms with Gasteiger partial charge in [-0.25, -0.2) is 9.78 Å². The van der Waals surface area contributed by atoms with Crippen LogP contribution in [-0.2, 0) is 6.54 Å². The van der Waals surface area contributed by atoms with E-state index in [2.05, 4.69) is 30.5 Å². The summed E-state index contributed by atoms with van der Waals surface area (Å²) in [5.74, 6) is 2.02. The zero-order chi connectivity index (χ0) is 16.2. The number of rotatable bonds is 3. The van der Waals surface area contributed by atoms with Gasteiger partial charge in [0.2, 0.25) is 0 Å². The molecule has 8 nitrogen and oxygen atoms in total. The van der Waals surface area contributed by atoms with Crippen LogP contribution < -0.4 is 5.32 Å². The van der Waals surface area contributed by atoms with E-state index >= 15 is 0 Å². The van der Waals surface area contributed by atoms with Crippen molar-refractivity contribution in [3.05, 3.63) is 35.4 Å². The normalized spacial score (nSPS) is 15.7. The standard InChI is InChI=1S/C15H21N7O/c1-10-7-17-13(8-16-10)9-18-15(23)22-5-3-12(4-6-22)14-19-11(2)20-21-14/h7-8,12H,3-6,9H2,1-2H3,(H,18,23)(H,19,20,21). The highest BCUT2D eigenvalue weighted by Crippen LogP contribution is 2.25. The zero-order valence-electron chi connectivity index (χ0n) is 13.4. The first kappa shape index (κ1) is 15.4. The monoisotopic (exact) mass is 315 g/mol. The second-order valence-corrected chi connectivity index (χ2v) is 5.85. The summed E-state index contributed by atoms with van der Waals surface area (Å²) in [5, 5.41) is 9.99. The molecular weight excluding hydrogens is 294 g/mol. The van der Waals surface area contributed by atoms with Crippen LogP contribution in [0, 0.1) is 13.8 Å². The molecule has 2 aromatic heterocycles. The highest BCUT2D eigenvalue weighted by molar-refractivity contribution is 5.74. The van der Waals surface area contributed by atoms with E-state index in [-0.39, 0.29) is 6.03 Å². The van der Waals surface area contributed by atoms with Gasteiger partial charge in [-0.1, -0.05) is 0 Å². The van der Waals surface area contributed by atoms with Gasteiger partial charge < -0.3 is 10.2 Å². The average molecular weight is 315 g/mol. The fourth-order valence-corrected chi connectivity index (χ4v) is 2.67. The Morgan fingerprint density at radius 3 is 2.70 bits per heavy atom. The van der Waals surface area contributed by atoms with E-state index < -0.39 is 0 Å². The fraction of sp³-hybridized carbons (Fsp3) is 0.533. The van der Waals surface area contributed by atoms with Gasteiger partial charge in [0, 0.05) is 25.2 Å². The largest absolute Gasteiger partial charge is 0.332 e. The van der Waals surface area contributed by atoms with Gasteiger partial charge in [-0.2, -0.15) is 5.10 Å². The molecule has 0 aliphatic carbocycles. The molecule has 0 radical (unpaired) electrons. The summed E-state index contributed by atoms with van der Waals surface area (Å²) in [6.45, 7) is 5.60. The highest BCUT2D eigenvalue weighted by atomic mass is 16.2. The van der Waals surface area contributed by atoms with Crippen molar-refractivity contribution in [2.75, 3.05) is 13.1 Å². The van der Waals surface area contributed by atoms with Crippen LogP contribution in [0.2, 0.25) is 0 Å². The minimum atomic E-state index is -0.0583. The number of hydrogen-bond acceptors (Lipinski definition) is 5. The van der Waals surface area contributed by atoms with E-state index in [1.54, 1.807) is 12.4 Å². The number of likely N-dealkylation sites (tertiary alicyclic amines) is 1. The summed E-state index contributed by atoms with van der Waals surface area (Å²) in [4.78, 5) is 26.8. The molecule has 2 amide bonds. The van der Waals surface area contributed by atoms with Gasteiger partial charge in [0.25, 0.3) is 0 Å². The Morgan fingerprint density at radius 1 is 1.30 bits per heavy atom. The van der Waals surface area contributed by atoms with Crippen LogP contribution in [0.5, 0.6) is 0 Å². The Kier molecular flexibility index (Phi) is 4.50. The van der Waals surface area contributed by atoms with E-state index in [9.17, 15) is 4.79 Å². The molecule has 3 rings (SSSR count). The van der Waals surface area contributed by atoms with Crippen molar-refractivity contribution in [2.24, 2.45) is 0 Å². The molecule has 1 aliphatic rings. The lowest BCUT2D eigenvalue weighted by Gasteiger charge is -2.30. The van der Waals surface area contributed by atoms with Crippen LogP contribution in [0.4, 0.5) is 4.79 Å². The molecular formula is C15H21N7O. The lowest BCUT2D eigenvalue weighted by molar-refractivity contribution is 0.180. The minimum absolute atomic E-state index is 0.0583. The van der Waals surface area contributed by atoms with E-state index in [0.29, 0.717) is 25.6 Å². The predicted octanol–water partition coefficient (Wildman–Crippen LogP) is 1.30. The number of carbonyl (C=O) groups is 1. The van der Waals surface area contributed by atoms with Gasteiger partial charge >= 0.3 is 6.03 Å².